The Balaban J connectivity index is 1.53. The molecule has 2 aromatic rings. The van der Waals surface area contributed by atoms with Gasteiger partial charge in [-0.05, 0) is 25.0 Å². The third-order valence-electron chi connectivity index (χ3n) is 5.44. The first kappa shape index (κ1) is 20.5. The molecule has 0 aliphatic carbocycles. The molecule has 29 heavy (non-hydrogen) atoms. The van der Waals surface area contributed by atoms with Gasteiger partial charge in [-0.25, -0.2) is 0 Å². The fourth-order valence-electron chi connectivity index (χ4n) is 4.14. The number of hydrogen-bond acceptors (Lipinski definition) is 6. The predicted octanol–water partition coefficient (Wildman–Crippen LogP) is 2.29. The molecule has 0 radical (unpaired) electrons. The van der Waals surface area contributed by atoms with Gasteiger partial charge in [-0.15, -0.1) is 0 Å². The van der Waals surface area contributed by atoms with E-state index in [4.69, 9.17) is 14.2 Å². The number of aliphatic hydroxyl groups is 2. The Morgan fingerprint density at radius 1 is 0.931 bits per heavy atom. The molecule has 0 bridgehead atoms. The second-order valence-electron chi connectivity index (χ2n) is 8.36. The van der Waals surface area contributed by atoms with E-state index in [1.807, 2.05) is 60.7 Å². The number of nitrogens with zero attached hydrogens (tertiary/aromatic N) is 1. The van der Waals surface area contributed by atoms with Crippen LogP contribution >= 0.6 is 0 Å². The quantitative estimate of drug-likeness (QED) is 0.777. The summed E-state index contributed by atoms with van der Waals surface area (Å²) in [6, 6.07) is 20.1. The van der Waals surface area contributed by atoms with Gasteiger partial charge >= 0.3 is 0 Å². The second-order valence-corrected chi connectivity index (χ2v) is 8.36. The summed E-state index contributed by atoms with van der Waals surface area (Å²) in [7, 11) is 0. The van der Waals surface area contributed by atoms with E-state index >= 15 is 0 Å². The summed E-state index contributed by atoms with van der Waals surface area (Å²) < 4.78 is 17.4. The van der Waals surface area contributed by atoms with Gasteiger partial charge in [0.1, 0.15) is 18.3 Å². The van der Waals surface area contributed by atoms with Crippen LogP contribution in [0.1, 0.15) is 25.0 Å². The molecular formula is C23H29NO5. The van der Waals surface area contributed by atoms with Crippen molar-refractivity contribution in [2.75, 3.05) is 13.2 Å². The van der Waals surface area contributed by atoms with Gasteiger partial charge in [0.05, 0.1) is 13.2 Å². The van der Waals surface area contributed by atoms with E-state index in [-0.39, 0.29) is 13.2 Å². The maximum absolute atomic E-state index is 11.2. The van der Waals surface area contributed by atoms with E-state index in [0.717, 1.165) is 11.1 Å². The van der Waals surface area contributed by atoms with Crippen molar-refractivity contribution in [3.63, 3.8) is 0 Å². The third kappa shape index (κ3) is 4.69. The zero-order valence-corrected chi connectivity index (χ0v) is 16.9. The van der Waals surface area contributed by atoms with Gasteiger partial charge in [-0.2, -0.15) is 0 Å². The van der Waals surface area contributed by atoms with E-state index in [2.05, 4.69) is 4.90 Å². The van der Waals surface area contributed by atoms with Crippen molar-refractivity contribution in [3.8, 4) is 0 Å². The number of rotatable bonds is 6. The molecule has 0 spiro atoms. The molecule has 6 heteroatoms. The first-order valence-corrected chi connectivity index (χ1v) is 10.0. The molecule has 156 valence electrons. The lowest BCUT2D eigenvalue weighted by atomic mass is 9.96. The SMILES string of the molecule is CC1(C)O[C@@H]2[C@@H](CO[C@](O)(CN(Cc3ccccc3)Cc3ccccc3)[C@H]2O)O1. The molecular weight excluding hydrogens is 370 g/mol. The van der Waals surface area contributed by atoms with Crippen LogP contribution in [-0.4, -0.2) is 58.2 Å². The highest BCUT2D eigenvalue weighted by Crippen LogP contribution is 2.38. The lowest BCUT2D eigenvalue weighted by Gasteiger charge is -2.43. The third-order valence-corrected chi connectivity index (χ3v) is 5.44. The molecule has 0 unspecified atom stereocenters. The minimum atomic E-state index is -1.74. The van der Waals surface area contributed by atoms with Crippen LogP contribution in [0, 0.1) is 0 Å². The van der Waals surface area contributed by atoms with E-state index in [0.29, 0.717) is 13.1 Å². The van der Waals surface area contributed by atoms with Gasteiger partial charge in [0.15, 0.2) is 5.79 Å². The van der Waals surface area contributed by atoms with Gasteiger partial charge < -0.3 is 24.4 Å². The van der Waals surface area contributed by atoms with Gasteiger partial charge in [0.25, 0.3) is 0 Å². The Hall–Kier alpha value is -1.80. The van der Waals surface area contributed by atoms with Crippen LogP contribution in [0.2, 0.25) is 0 Å². The number of fused-ring (bicyclic) bond motifs is 1. The van der Waals surface area contributed by atoms with Crippen LogP contribution < -0.4 is 0 Å². The van der Waals surface area contributed by atoms with Crippen molar-refractivity contribution in [2.24, 2.45) is 0 Å². The minimum Gasteiger partial charge on any atom is -0.385 e. The number of ether oxygens (including phenoxy) is 3. The van der Waals surface area contributed by atoms with Gasteiger partial charge in [0, 0.05) is 13.1 Å². The zero-order valence-electron chi connectivity index (χ0n) is 16.9. The molecule has 6 nitrogen and oxygen atoms in total. The van der Waals surface area contributed by atoms with E-state index in [9.17, 15) is 10.2 Å². The second kappa shape index (κ2) is 8.14. The summed E-state index contributed by atoms with van der Waals surface area (Å²) in [5, 5.41) is 22.1. The van der Waals surface area contributed by atoms with Crippen molar-refractivity contribution >= 4 is 0 Å². The zero-order chi connectivity index (χ0) is 20.5. The molecule has 2 heterocycles. The molecule has 2 aliphatic heterocycles. The summed E-state index contributed by atoms with van der Waals surface area (Å²) in [6.07, 6.45) is -2.23. The van der Waals surface area contributed by atoms with Crippen molar-refractivity contribution in [3.05, 3.63) is 71.8 Å². The van der Waals surface area contributed by atoms with E-state index in [1.165, 1.54) is 0 Å². The Labute approximate surface area is 171 Å². The van der Waals surface area contributed by atoms with Crippen LogP contribution in [0.5, 0.6) is 0 Å². The summed E-state index contributed by atoms with van der Waals surface area (Å²) in [5.74, 6) is -2.55. The average Bonchev–Trinajstić information content (AvgIpc) is 3.02. The van der Waals surface area contributed by atoms with E-state index in [1.54, 1.807) is 13.8 Å². The molecule has 0 aromatic heterocycles. The molecule has 2 saturated heterocycles. The summed E-state index contributed by atoms with van der Waals surface area (Å²) in [4.78, 5) is 2.08. The van der Waals surface area contributed by atoms with Crippen LogP contribution in [-0.2, 0) is 27.3 Å². The average molecular weight is 399 g/mol. The highest BCUT2D eigenvalue weighted by molar-refractivity contribution is 5.17. The smallest absolute Gasteiger partial charge is 0.207 e. The number of hydrogen-bond donors (Lipinski definition) is 2. The normalized spacial score (nSPS) is 31.0. The van der Waals surface area contributed by atoms with Crippen molar-refractivity contribution < 1.29 is 24.4 Å². The van der Waals surface area contributed by atoms with Crippen LogP contribution in [0.4, 0.5) is 0 Å². The maximum Gasteiger partial charge on any atom is 0.207 e. The topological polar surface area (TPSA) is 71.4 Å². The molecule has 4 atom stereocenters. The van der Waals surface area contributed by atoms with Crippen molar-refractivity contribution in [1.29, 1.82) is 0 Å². The Kier molecular flexibility index (Phi) is 5.75. The predicted molar refractivity (Wildman–Crippen MR) is 108 cm³/mol. The molecule has 0 amide bonds. The number of benzene rings is 2. The highest BCUT2D eigenvalue weighted by atomic mass is 16.8. The fraction of sp³-hybridized carbons (Fsp3) is 0.478. The fourth-order valence-corrected chi connectivity index (χ4v) is 4.14. The first-order valence-electron chi connectivity index (χ1n) is 10.0. The van der Waals surface area contributed by atoms with Crippen LogP contribution in [0.15, 0.2) is 60.7 Å². The van der Waals surface area contributed by atoms with Gasteiger partial charge in [-0.3, -0.25) is 4.90 Å². The summed E-state index contributed by atoms with van der Waals surface area (Å²) >= 11 is 0. The maximum atomic E-state index is 11.2. The van der Waals surface area contributed by atoms with Crippen LogP contribution in [0.25, 0.3) is 0 Å². The van der Waals surface area contributed by atoms with E-state index < -0.39 is 29.9 Å². The molecule has 2 aliphatic rings. The summed E-state index contributed by atoms with van der Waals surface area (Å²) in [5.41, 5.74) is 2.24. The van der Waals surface area contributed by atoms with Gasteiger partial charge in [-0.1, -0.05) is 60.7 Å². The summed E-state index contributed by atoms with van der Waals surface area (Å²) in [6.45, 7) is 5.15. The Bertz CT molecular complexity index is 758. The molecule has 2 aromatic carbocycles. The standard InChI is InChI=1S/C23H29NO5/c1-22(2)28-19-15-27-23(26,21(25)20(19)29-22)16-24(13-17-9-5-3-6-10-17)14-18-11-7-4-8-12-18/h3-12,19-21,25-26H,13-16H2,1-2H3/t19-,20-,21+,23-/m1/s1. The lowest BCUT2D eigenvalue weighted by molar-refractivity contribution is -0.312. The molecule has 2 N–H and O–H groups in total. The largest absolute Gasteiger partial charge is 0.385 e. The monoisotopic (exact) mass is 399 g/mol. The molecule has 4 rings (SSSR count). The Morgan fingerprint density at radius 3 is 2.03 bits per heavy atom. The molecule has 0 saturated carbocycles. The highest BCUT2D eigenvalue weighted by Gasteiger charge is 2.56. The first-order chi connectivity index (χ1) is 13.8. The lowest BCUT2D eigenvalue weighted by Crippen LogP contribution is -2.63. The van der Waals surface area contributed by atoms with Crippen molar-refractivity contribution in [1.82, 2.24) is 4.90 Å². The van der Waals surface area contributed by atoms with Crippen LogP contribution in [0.3, 0.4) is 0 Å². The molecule has 2 fully saturated rings. The number of aliphatic hydroxyl groups excluding tert-OH is 1. The van der Waals surface area contributed by atoms with Gasteiger partial charge in [0.2, 0.25) is 5.79 Å². The Morgan fingerprint density at radius 2 is 1.48 bits per heavy atom. The minimum absolute atomic E-state index is 0.144. The van der Waals surface area contributed by atoms with Crippen molar-refractivity contribution in [2.45, 2.75) is 56.8 Å².